The van der Waals surface area contributed by atoms with E-state index in [1.165, 1.54) is 0 Å². The first kappa shape index (κ1) is 19.3. The van der Waals surface area contributed by atoms with Crippen molar-refractivity contribution in [1.29, 1.82) is 0 Å². The number of furan rings is 1. The fraction of sp³-hybridized carbons (Fsp3) is 0.190. The highest BCUT2D eigenvalue weighted by atomic mass is 79.9. The Bertz CT molecular complexity index is 1360. The highest BCUT2D eigenvalue weighted by Gasteiger charge is 2.24. The van der Waals surface area contributed by atoms with Crippen molar-refractivity contribution in [3.05, 3.63) is 56.2 Å². The molecule has 0 radical (unpaired) electrons. The third kappa shape index (κ3) is 3.40. The minimum atomic E-state index is -0.407. The summed E-state index contributed by atoms with van der Waals surface area (Å²) in [7, 11) is 0. The van der Waals surface area contributed by atoms with Crippen LogP contribution in [0.4, 0.5) is 5.69 Å². The van der Waals surface area contributed by atoms with Crippen LogP contribution < -0.4 is 10.9 Å². The van der Waals surface area contributed by atoms with Gasteiger partial charge in [-0.15, -0.1) is 0 Å². The molecule has 3 heterocycles. The molecule has 0 spiro atoms. The molecule has 5 rings (SSSR count). The van der Waals surface area contributed by atoms with E-state index in [4.69, 9.17) is 20.8 Å². The molecule has 2 aromatic heterocycles. The van der Waals surface area contributed by atoms with Crippen molar-refractivity contribution in [1.82, 2.24) is 9.97 Å². The molecule has 1 unspecified atom stereocenters. The molecule has 1 aliphatic rings. The van der Waals surface area contributed by atoms with Gasteiger partial charge in [-0.2, -0.15) is 0 Å². The third-order valence-electron chi connectivity index (χ3n) is 5.08. The van der Waals surface area contributed by atoms with Crippen LogP contribution in [0.25, 0.3) is 33.5 Å². The van der Waals surface area contributed by atoms with Gasteiger partial charge in [0.2, 0.25) is 11.5 Å². The Morgan fingerprint density at radius 1 is 1.27 bits per heavy atom. The molecule has 1 atom stereocenters. The van der Waals surface area contributed by atoms with Crippen LogP contribution in [-0.4, -0.2) is 29.1 Å². The van der Waals surface area contributed by atoms with Crippen LogP contribution in [0.15, 0.2) is 50.1 Å². The average molecular weight is 489 g/mol. The van der Waals surface area contributed by atoms with Gasteiger partial charge in [-0.3, -0.25) is 9.59 Å². The van der Waals surface area contributed by atoms with Crippen LogP contribution in [0.1, 0.15) is 6.42 Å². The Morgan fingerprint density at radius 3 is 2.93 bits per heavy atom. The minimum Gasteiger partial charge on any atom is -0.449 e. The lowest BCUT2D eigenvalue weighted by molar-refractivity contribution is -0.119. The number of hydrogen-bond donors (Lipinski definition) is 2. The van der Waals surface area contributed by atoms with Crippen molar-refractivity contribution in [2.45, 2.75) is 6.42 Å². The van der Waals surface area contributed by atoms with E-state index in [0.717, 1.165) is 4.47 Å². The monoisotopic (exact) mass is 487 g/mol. The predicted molar refractivity (Wildman–Crippen MR) is 118 cm³/mol. The van der Waals surface area contributed by atoms with Gasteiger partial charge in [-0.25, -0.2) is 4.98 Å². The Hall–Kier alpha value is -2.68. The van der Waals surface area contributed by atoms with Gasteiger partial charge in [0.1, 0.15) is 16.9 Å². The first-order valence-electron chi connectivity index (χ1n) is 9.30. The number of amides is 1. The molecule has 1 saturated heterocycles. The molecule has 1 amide bonds. The van der Waals surface area contributed by atoms with Crippen LogP contribution in [-0.2, 0) is 9.53 Å². The smallest absolute Gasteiger partial charge is 0.294 e. The van der Waals surface area contributed by atoms with E-state index in [9.17, 15) is 9.59 Å². The molecule has 4 aromatic rings. The van der Waals surface area contributed by atoms with E-state index in [-0.39, 0.29) is 17.4 Å². The number of ether oxygens (including phenoxy) is 1. The standard InChI is InChI=1S/C21H15BrClN3O4/c22-11-1-4-16-14(7-11)17-18(30-16)21(28)26-19(25-17)13-8-12(2-3-15(13)23)24-20(27)10-5-6-29-9-10/h1-4,7-8,10H,5-6,9H2,(H,24,27)(H,25,26,28). The highest BCUT2D eigenvalue weighted by Crippen LogP contribution is 2.32. The van der Waals surface area contributed by atoms with Gasteiger partial charge < -0.3 is 19.5 Å². The average Bonchev–Trinajstić information content (AvgIpc) is 3.38. The maximum Gasteiger partial charge on any atom is 0.294 e. The van der Waals surface area contributed by atoms with Crippen molar-refractivity contribution >= 4 is 61.2 Å². The SMILES string of the molecule is O=C(Nc1ccc(Cl)c(-c2nc3c(oc4ccc(Br)cc43)c(=O)[nH]2)c1)C1CCOC1. The van der Waals surface area contributed by atoms with Gasteiger partial charge in [0.25, 0.3) is 5.56 Å². The summed E-state index contributed by atoms with van der Waals surface area (Å²) in [5.41, 5.74) is 1.81. The van der Waals surface area contributed by atoms with Gasteiger partial charge in [-0.1, -0.05) is 27.5 Å². The van der Waals surface area contributed by atoms with Gasteiger partial charge in [0, 0.05) is 27.7 Å². The molecule has 7 nitrogen and oxygen atoms in total. The molecule has 2 N–H and O–H groups in total. The zero-order valence-electron chi connectivity index (χ0n) is 15.5. The number of aromatic nitrogens is 2. The number of nitrogens with one attached hydrogen (secondary N) is 2. The summed E-state index contributed by atoms with van der Waals surface area (Å²) in [6.45, 7) is 1.00. The predicted octanol–water partition coefficient (Wildman–Crippen LogP) is 4.73. The van der Waals surface area contributed by atoms with E-state index in [2.05, 4.69) is 31.2 Å². The Morgan fingerprint density at radius 2 is 2.13 bits per heavy atom. The van der Waals surface area contributed by atoms with Crippen LogP contribution in [0.5, 0.6) is 0 Å². The van der Waals surface area contributed by atoms with Crippen molar-refractivity contribution in [3.63, 3.8) is 0 Å². The number of hydrogen-bond acceptors (Lipinski definition) is 5. The van der Waals surface area contributed by atoms with E-state index >= 15 is 0 Å². The molecule has 152 valence electrons. The highest BCUT2D eigenvalue weighted by molar-refractivity contribution is 9.10. The second kappa shape index (κ2) is 7.54. The number of nitrogens with zero attached hydrogens (tertiary/aromatic N) is 1. The largest absolute Gasteiger partial charge is 0.449 e. The number of halogens is 2. The van der Waals surface area contributed by atoms with E-state index in [1.54, 1.807) is 24.3 Å². The Kier molecular flexibility index (Phi) is 4.85. The second-order valence-corrected chi connectivity index (χ2v) is 8.40. The molecule has 30 heavy (non-hydrogen) atoms. The van der Waals surface area contributed by atoms with Crippen LogP contribution in [0, 0.1) is 5.92 Å². The summed E-state index contributed by atoms with van der Waals surface area (Å²) in [6.07, 6.45) is 0.695. The van der Waals surface area contributed by atoms with Crippen molar-refractivity contribution < 1.29 is 13.9 Å². The number of benzene rings is 2. The second-order valence-electron chi connectivity index (χ2n) is 7.08. The molecule has 0 saturated carbocycles. The molecular weight excluding hydrogens is 474 g/mol. The molecular formula is C21H15BrClN3O4. The summed E-state index contributed by atoms with van der Waals surface area (Å²) in [4.78, 5) is 32.4. The topological polar surface area (TPSA) is 97.2 Å². The summed E-state index contributed by atoms with van der Waals surface area (Å²) in [6, 6.07) is 10.5. The van der Waals surface area contributed by atoms with Gasteiger partial charge >= 0.3 is 0 Å². The first-order valence-corrected chi connectivity index (χ1v) is 10.5. The number of anilines is 1. The number of carbonyl (C=O) groups excluding carboxylic acids is 1. The van der Waals surface area contributed by atoms with Crippen LogP contribution >= 0.6 is 27.5 Å². The maximum atomic E-state index is 12.6. The summed E-state index contributed by atoms with van der Waals surface area (Å²) in [5, 5.41) is 4.00. The molecule has 9 heteroatoms. The zero-order valence-corrected chi connectivity index (χ0v) is 17.8. The molecule has 0 aliphatic carbocycles. The van der Waals surface area contributed by atoms with Crippen molar-refractivity contribution in [2.75, 3.05) is 18.5 Å². The van der Waals surface area contributed by atoms with Crippen LogP contribution in [0.3, 0.4) is 0 Å². The molecule has 1 aliphatic heterocycles. The lowest BCUT2D eigenvalue weighted by Crippen LogP contribution is -2.22. The number of carbonyl (C=O) groups is 1. The summed E-state index contributed by atoms with van der Waals surface area (Å²) < 4.78 is 11.8. The minimum absolute atomic E-state index is 0.108. The molecule has 0 bridgehead atoms. The zero-order chi connectivity index (χ0) is 20.8. The van der Waals surface area contributed by atoms with Crippen LogP contribution in [0.2, 0.25) is 5.02 Å². The van der Waals surface area contributed by atoms with E-state index in [0.29, 0.717) is 58.2 Å². The summed E-state index contributed by atoms with van der Waals surface area (Å²) >= 11 is 9.82. The fourth-order valence-electron chi connectivity index (χ4n) is 3.52. The normalized spacial score (nSPS) is 16.4. The van der Waals surface area contributed by atoms with Gasteiger partial charge in [-0.05, 0) is 42.8 Å². The molecule has 2 aromatic carbocycles. The lowest BCUT2D eigenvalue weighted by Gasteiger charge is -2.11. The van der Waals surface area contributed by atoms with Crippen molar-refractivity contribution in [3.8, 4) is 11.4 Å². The van der Waals surface area contributed by atoms with E-state index in [1.807, 2.05) is 12.1 Å². The lowest BCUT2D eigenvalue weighted by atomic mass is 10.1. The number of rotatable bonds is 3. The first-order chi connectivity index (χ1) is 14.5. The van der Waals surface area contributed by atoms with Gasteiger partial charge in [0.15, 0.2) is 0 Å². The summed E-state index contributed by atoms with van der Waals surface area (Å²) in [5.74, 6) is 0.0120. The third-order valence-corrected chi connectivity index (χ3v) is 5.90. The van der Waals surface area contributed by atoms with Gasteiger partial charge in [0.05, 0.1) is 17.5 Å². The number of aromatic amines is 1. The quantitative estimate of drug-likeness (QED) is 0.435. The fourth-order valence-corrected chi connectivity index (χ4v) is 4.09. The van der Waals surface area contributed by atoms with E-state index < -0.39 is 5.56 Å². The molecule has 1 fully saturated rings. The Labute approximate surface area is 183 Å². The number of H-pyrrole nitrogens is 1. The number of fused-ring (bicyclic) bond motifs is 3. The van der Waals surface area contributed by atoms with Crippen molar-refractivity contribution in [2.24, 2.45) is 5.92 Å². The maximum absolute atomic E-state index is 12.6. The Balaban J connectivity index is 1.59.